The van der Waals surface area contributed by atoms with E-state index in [0.717, 1.165) is 39.3 Å². The molecule has 1 spiro atoms. The first kappa shape index (κ1) is 18.2. The average molecular weight is 299 g/mol. The Hall–Kier alpha value is -0.810. The fourth-order valence-electron chi connectivity index (χ4n) is 2.97. The lowest BCUT2D eigenvalue weighted by atomic mass is 9.72. The molecule has 5 nitrogen and oxygen atoms in total. The van der Waals surface area contributed by atoms with Gasteiger partial charge in [-0.05, 0) is 46.7 Å². The van der Waals surface area contributed by atoms with E-state index in [4.69, 9.17) is 10.5 Å². The van der Waals surface area contributed by atoms with Crippen LogP contribution in [0.3, 0.4) is 0 Å². The van der Waals surface area contributed by atoms with Gasteiger partial charge in [0.1, 0.15) is 5.60 Å². The van der Waals surface area contributed by atoms with Gasteiger partial charge in [-0.15, -0.1) is 0 Å². The van der Waals surface area contributed by atoms with Crippen molar-refractivity contribution in [3.8, 4) is 0 Å². The molecule has 2 aliphatic rings. The molecule has 0 aromatic heterocycles. The van der Waals surface area contributed by atoms with Gasteiger partial charge in [0.25, 0.3) is 0 Å². The highest BCUT2D eigenvalue weighted by Gasteiger charge is 2.47. The number of rotatable bonds is 2. The number of nitrogens with zero attached hydrogens (tertiary/aromatic N) is 2. The standard InChI is InChI=1S/C14H27N3O2.C2H6/c1-13(2,3)19-12(18)17-10-14(11-17)4-7-16(8-5-14)9-6-15;1-2/h4-11,15H2,1-3H3;1-2H3. The van der Waals surface area contributed by atoms with Gasteiger partial charge in [-0.1, -0.05) is 13.8 Å². The SMILES string of the molecule is CC.CC(C)(C)OC(=O)N1CC2(CCN(CCN)CC2)C1. The molecule has 2 heterocycles. The molecule has 2 fully saturated rings. The maximum absolute atomic E-state index is 11.9. The molecule has 0 atom stereocenters. The number of carbonyl (C=O) groups is 1. The molecular formula is C16H33N3O2. The molecule has 2 aliphatic heterocycles. The van der Waals surface area contributed by atoms with Gasteiger partial charge in [-0.3, -0.25) is 0 Å². The van der Waals surface area contributed by atoms with E-state index >= 15 is 0 Å². The molecule has 0 unspecified atom stereocenters. The number of likely N-dealkylation sites (tertiary alicyclic amines) is 2. The van der Waals surface area contributed by atoms with E-state index in [1.165, 1.54) is 12.8 Å². The first-order valence-corrected chi connectivity index (χ1v) is 8.24. The van der Waals surface area contributed by atoms with E-state index in [0.29, 0.717) is 5.41 Å². The molecule has 0 aromatic carbocycles. The summed E-state index contributed by atoms with van der Waals surface area (Å²) in [5, 5.41) is 0. The van der Waals surface area contributed by atoms with Crippen molar-refractivity contribution in [2.24, 2.45) is 11.1 Å². The van der Waals surface area contributed by atoms with Crippen molar-refractivity contribution in [3.05, 3.63) is 0 Å². The van der Waals surface area contributed by atoms with Crippen LogP contribution in [0.4, 0.5) is 4.79 Å². The van der Waals surface area contributed by atoms with Crippen LogP contribution in [0.1, 0.15) is 47.5 Å². The quantitative estimate of drug-likeness (QED) is 0.850. The second kappa shape index (κ2) is 7.45. The molecule has 1 amide bonds. The molecule has 0 bridgehead atoms. The fraction of sp³-hybridized carbons (Fsp3) is 0.938. The summed E-state index contributed by atoms with van der Waals surface area (Å²) in [5.41, 5.74) is 5.53. The number of hydrogen-bond donors (Lipinski definition) is 1. The topological polar surface area (TPSA) is 58.8 Å². The molecule has 124 valence electrons. The van der Waals surface area contributed by atoms with Crippen LogP contribution in [0.15, 0.2) is 0 Å². The molecule has 21 heavy (non-hydrogen) atoms. The monoisotopic (exact) mass is 299 g/mol. The third-order valence-electron chi connectivity index (χ3n) is 4.07. The summed E-state index contributed by atoms with van der Waals surface area (Å²) < 4.78 is 5.40. The predicted molar refractivity (Wildman–Crippen MR) is 86.3 cm³/mol. The number of carbonyl (C=O) groups excluding carboxylic acids is 1. The van der Waals surface area contributed by atoms with Gasteiger partial charge in [-0.2, -0.15) is 0 Å². The highest BCUT2D eigenvalue weighted by molar-refractivity contribution is 5.69. The van der Waals surface area contributed by atoms with Crippen LogP contribution in [-0.4, -0.2) is 60.8 Å². The third-order valence-corrected chi connectivity index (χ3v) is 4.07. The molecule has 2 N–H and O–H groups in total. The summed E-state index contributed by atoms with van der Waals surface area (Å²) in [6, 6.07) is 0. The van der Waals surface area contributed by atoms with E-state index < -0.39 is 5.60 Å². The normalized spacial score (nSPS) is 21.3. The smallest absolute Gasteiger partial charge is 0.410 e. The van der Waals surface area contributed by atoms with Gasteiger partial charge < -0.3 is 20.3 Å². The van der Waals surface area contributed by atoms with Crippen molar-refractivity contribution >= 4 is 6.09 Å². The van der Waals surface area contributed by atoms with E-state index in [2.05, 4.69) is 4.90 Å². The average Bonchev–Trinajstić information content (AvgIpc) is 2.38. The second-order valence-electron chi connectivity index (χ2n) is 6.97. The van der Waals surface area contributed by atoms with Crippen molar-refractivity contribution in [3.63, 3.8) is 0 Å². The van der Waals surface area contributed by atoms with E-state index in [1.807, 2.05) is 39.5 Å². The Morgan fingerprint density at radius 2 is 1.71 bits per heavy atom. The van der Waals surface area contributed by atoms with Gasteiger partial charge in [0.15, 0.2) is 0 Å². The molecule has 2 saturated heterocycles. The minimum absolute atomic E-state index is 0.164. The Morgan fingerprint density at radius 3 is 2.14 bits per heavy atom. The summed E-state index contributed by atoms with van der Waals surface area (Å²) >= 11 is 0. The van der Waals surface area contributed by atoms with Crippen molar-refractivity contribution in [2.75, 3.05) is 39.3 Å². The number of nitrogens with two attached hydrogens (primary N) is 1. The lowest BCUT2D eigenvalue weighted by Gasteiger charge is -2.53. The molecule has 0 radical (unpaired) electrons. The van der Waals surface area contributed by atoms with Crippen LogP contribution in [0.25, 0.3) is 0 Å². The molecule has 0 aliphatic carbocycles. The van der Waals surface area contributed by atoms with E-state index in [9.17, 15) is 4.79 Å². The van der Waals surface area contributed by atoms with E-state index in [1.54, 1.807) is 0 Å². The van der Waals surface area contributed by atoms with Crippen LogP contribution in [0, 0.1) is 5.41 Å². The second-order valence-corrected chi connectivity index (χ2v) is 6.97. The zero-order valence-corrected chi connectivity index (χ0v) is 14.4. The predicted octanol–water partition coefficient (Wildman–Crippen LogP) is 2.30. The summed E-state index contributed by atoms with van der Waals surface area (Å²) in [6.07, 6.45) is 2.18. The Kier molecular flexibility index (Phi) is 6.47. The molecule has 5 heteroatoms. The highest BCUT2D eigenvalue weighted by Crippen LogP contribution is 2.40. The van der Waals surface area contributed by atoms with Gasteiger partial charge in [0, 0.05) is 31.6 Å². The third kappa shape index (κ3) is 5.15. The van der Waals surface area contributed by atoms with Crippen LogP contribution in [-0.2, 0) is 4.74 Å². The highest BCUT2D eigenvalue weighted by atomic mass is 16.6. The number of hydrogen-bond acceptors (Lipinski definition) is 4. The van der Waals surface area contributed by atoms with Crippen LogP contribution in [0.5, 0.6) is 0 Å². The summed E-state index contributed by atoms with van der Waals surface area (Å²) in [6.45, 7) is 15.4. The van der Waals surface area contributed by atoms with Crippen molar-refractivity contribution in [1.82, 2.24) is 9.80 Å². The Bertz CT molecular complexity index is 323. The maximum atomic E-state index is 11.9. The van der Waals surface area contributed by atoms with Crippen LogP contribution >= 0.6 is 0 Å². The first-order valence-electron chi connectivity index (χ1n) is 8.24. The minimum atomic E-state index is -0.398. The lowest BCUT2D eigenvalue weighted by Crippen LogP contribution is -2.62. The van der Waals surface area contributed by atoms with E-state index in [-0.39, 0.29) is 6.09 Å². The van der Waals surface area contributed by atoms with Crippen molar-refractivity contribution < 1.29 is 9.53 Å². The van der Waals surface area contributed by atoms with Crippen LogP contribution < -0.4 is 5.73 Å². The van der Waals surface area contributed by atoms with Crippen LogP contribution in [0.2, 0.25) is 0 Å². The van der Waals surface area contributed by atoms with Gasteiger partial charge >= 0.3 is 6.09 Å². The zero-order chi connectivity index (χ0) is 16.1. The molecule has 0 saturated carbocycles. The first-order chi connectivity index (χ1) is 9.84. The zero-order valence-electron chi connectivity index (χ0n) is 14.4. The summed E-state index contributed by atoms with van der Waals surface area (Å²) in [7, 11) is 0. The number of piperidine rings is 1. The van der Waals surface area contributed by atoms with Gasteiger partial charge in [-0.25, -0.2) is 4.79 Å². The largest absolute Gasteiger partial charge is 0.444 e. The van der Waals surface area contributed by atoms with Gasteiger partial charge in [0.05, 0.1) is 0 Å². The summed E-state index contributed by atoms with van der Waals surface area (Å²) in [5.74, 6) is 0. The lowest BCUT2D eigenvalue weighted by molar-refractivity contribution is -0.0588. The Balaban J connectivity index is 0.00000106. The summed E-state index contributed by atoms with van der Waals surface area (Å²) in [4.78, 5) is 16.2. The maximum Gasteiger partial charge on any atom is 0.410 e. The Labute approximate surface area is 129 Å². The van der Waals surface area contributed by atoms with Crippen molar-refractivity contribution in [1.29, 1.82) is 0 Å². The molecule has 2 rings (SSSR count). The minimum Gasteiger partial charge on any atom is -0.444 e. The van der Waals surface area contributed by atoms with Crippen molar-refractivity contribution in [2.45, 2.75) is 53.1 Å². The van der Waals surface area contributed by atoms with Gasteiger partial charge in [0.2, 0.25) is 0 Å². The Morgan fingerprint density at radius 1 is 1.19 bits per heavy atom. The fourth-order valence-corrected chi connectivity index (χ4v) is 2.97. The molecular weight excluding hydrogens is 266 g/mol. The molecule has 0 aromatic rings. The number of amides is 1. The number of ether oxygens (including phenoxy) is 1.